The van der Waals surface area contributed by atoms with E-state index in [1.807, 2.05) is 0 Å². The number of nitrogens with zero attached hydrogens (tertiary/aromatic N) is 4. The normalized spacial score (nSPS) is 20.8. The SMILES string of the molecule is Cc1ccc(-c2nnc3c(ccn3[C@@H]3CCCN(C)C3)c2C2CC2)c(O)c1F. The van der Waals surface area contributed by atoms with Crippen LogP contribution in [0.15, 0.2) is 24.4 Å². The Labute approximate surface area is 163 Å². The Morgan fingerprint density at radius 3 is 2.71 bits per heavy atom. The van der Waals surface area contributed by atoms with Gasteiger partial charge in [0.1, 0.15) is 5.69 Å². The first-order valence-electron chi connectivity index (χ1n) is 10.1. The number of benzene rings is 1. The van der Waals surface area contributed by atoms with Gasteiger partial charge in [-0.3, -0.25) is 0 Å². The van der Waals surface area contributed by atoms with Gasteiger partial charge in [0.15, 0.2) is 17.2 Å². The highest BCUT2D eigenvalue weighted by atomic mass is 19.1. The summed E-state index contributed by atoms with van der Waals surface area (Å²) in [5, 5.41) is 20.5. The number of hydrogen-bond acceptors (Lipinski definition) is 4. The lowest BCUT2D eigenvalue weighted by Gasteiger charge is -2.30. The number of rotatable bonds is 3. The minimum atomic E-state index is -0.580. The largest absolute Gasteiger partial charge is 0.504 e. The van der Waals surface area contributed by atoms with Crippen molar-refractivity contribution in [3.8, 4) is 17.0 Å². The van der Waals surface area contributed by atoms with Gasteiger partial charge in [-0.2, -0.15) is 0 Å². The maximum Gasteiger partial charge on any atom is 0.168 e. The summed E-state index contributed by atoms with van der Waals surface area (Å²) in [4.78, 5) is 2.36. The predicted molar refractivity (Wildman–Crippen MR) is 107 cm³/mol. The maximum atomic E-state index is 14.3. The van der Waals surface area contributed by atoms with E-state index in [2.05, 4.69) is 39.0 Å². The average Bonchev–Trinajstić information content (AvgIpc) is 3.43. The van der Waals surface area contributed by atoms with Crippen LogP contribution in [0.1, 0.15) is 48.8 Å². The molecular weight excluding hydrogens is 355 g/mol. The van der Waals surface area contributed by atoms with Gasteiger partial charge in [-0.05, 0) is 75.4 Å². The fourth-order valence-corrected chi connectivity index (χ4v) is 4.54. The zero-order chi connectivity index (χ0) is 19.4. The van der Waals surface area contributed by atoms with E-state index in [0.717, 1.165) is 48.9 Å². The Morgan fingerprint density at radius 2 is 1.96 bits per heavy atom. The molecule has 6 heteroatoms. The highest BCUT2D eigenvalue weighted by Crippen LogP contribution is 2.48. The summed E-state index contributed by atoms with van der Waals surface area (Å²) in [6, 6.07) is 5.96. The van der Waals surface area contributed by atoms with Crippen LogP contribution in [0.5, 0.6) is 5.75 Å². The van der Waals surface area contributed by atoms with E-state index in [4.69, 9.17) is 0 Å². The van der Waals surface area contributed by atoms with E-state index in [1.165, 1.54) is 6.42 Å². The van der Waals surface area contributed by atoms with Crippen molar-refractivity contribution in [2.45, 2.75) is 44.6 Å². The van der Waals surface area contributed by atoms with Gasteiger partial charge in [-0.1, -0.05) is 6.07 Å². The zero-order valence-electron chi connectivity index (χ0n) is 16.3. The van der Waals surface area contributed by atoms with Crippen LogP contribution < -0.4 is 0 Å². The minimum absolute atomic E-state index is 0.330. The third-order valence-electron chi connectivity index (χ3n) is 6.22. The number of aromatic hydroxyl groups is 1. The van der Waals surface area contributed by atoms with Crippen molar-refractivity contribution in [3.05, 3.63) is 41.3 Å². The second-order valence-corrected chi connectivity index (χ2v) is 8.35. The Hall–Kier alpha value is -2.47. The number of piperidine rings is 1. The van der Waals surface area contributed by atoms with Crippen molar-refractivity contribution in [1.82, 2.24) is 19.7 Å². The van der Waals surface area contributed by atoms with Crippen LogP contribution in [0.2, 0.25) is 0 Å². The third-order valence-corrected chi connectivity index (χ3v) is 6.22. The lowest BCUT2D eigenvalue weighted by Crippen LogP contribution is -2.33. The maximum absolute atomic E-state index is 14.3. The molecule has 1 saturated carbocycles. The molecule has 0 amide bonds. The molecule has 146 valence electrons. The molecule has 2 aliphatic rings. The first-order valence-corrected chi connectivity index (χ1v) is 10.1. The molecule has 1 atom stereocenters. The molecule has 5 rings (SSSR count). The first kappa shape index (κ1) is 17.6. The number of likely N-dealkylation sites (tertiary alicyclic amines) is 1. The smallest absolute Gasteiger partial charge is 0.168 e. The van der Waals surface area contributed by atoms with Crippen LogP contribution >= 0.6 is 0 Å². The van der Waals surface area contributed by atoms with Crippen LogP contribution in [0.25, 0.3) is 22.3 Å². The molecule has 1 aliphatic carbocycles. The summed E-state index contributed by atoms with van der Waals surface area (Å²) in [7, 11) is 2.16. The van der Waals surface area contributed by atoms with Crippen molar-refractivity contribution in [2.75, 3.05) is 20.1 Å². The standard InChI is InChI=1S/C22H25FN4O/c1-13-5-8-17(21(28)19(13)23)20-18(14-6-7-14)16-9-11-27(22(16)25-24-20)15-4-3-10-26(2)12-15/h5,8-9,11,14-15,28H,3-4,6-7,10,12H2,1-2H3/t15-/m1/s1. The number of phenolic OH excluding ortho intramolecular Hbond substituents is 1. The molecule has 3 heterocycles. The van der Waals surface area contributed by atoms with Crippen molar-refractivity contribution < 1.29 is 9.50 Å². The molecule has 2 fully saturated rings. The number of likely N-dealkylation sites (N-methyl/N-ethyl adjacent to an activating group) is 1. The van der Waals surface area contributed by atoms with Crippen molar-refractivity contribution >= 4 is 11.0 Å². The summed E-state index contributed by atoms with van der Waals surface area (Å²) in [6.07, 6.45) is 6.63. The van der Waals surface area contributed by atoms with Crippen LogP contribution in [0, 0.1) is 12.7 Å². The molecular formula is C22H25FN4O. The quantitative estimate of drug-likeness (QED) is 0.732. The van der Waals surface area contributed by atoms with E-state index < -0.39 is 5.82 Å². The average molecular weight is 380 g/mol. The van der Waals surface area contributed by atoms with Gasteiger partial charge in [-0.25, -0.2) is 4.39 Å². The van der Waals surface area contributed by atoms with Gasteiger partial charge in [0, 0.05) is 29.7 Å². The fraction of sp³-hybridized carbons (Fsp3) is 0.455. The third kappa shape index (κ3) is 2.78. The lowest BCUT2D eigenvalue weighted by molar-refractivity contribution is 0.214. The van der Waals surface area contributed by atoms with Gasteiger partial charge < -0.3 is 14.6 Å². The van der Waals surface area contributed by atoms with Crippen LogP contribution in [-0.4, -0.2) is 44.9 Å². The molecule has 1 aromatic carbocycles. The molecule has 0 unspecified atom stereocenters. The predicted octanol–water partition coefficient (Wildman–Crippen LogP) is 4.40. The molecule has 28 heavy (non-hydrogen) atoms. The summed E-state index contributed by atoms with van der Waals surface area (Å²) in [5.74, 6) is -0.505. The van der Waals surface area contributed by atoms with Crippen molar-refractivity contribution in [2.24, 2.45) is 0 Å². The molecule has 5 nitrogen and oxygen atoms in total. The van der Waals surface area contributed by atoms with E-state index in [0.29, 0.717) is 28.8 Å². The molecule has 1 saturated heterocycles. The molecule has 0 bridgehead atoms. The van der Waals surface area contributed by atoms with Gasteiger partial charge in [-0.15, -0.1) is 10.2 Å². The second kappa shape index (κ2) is 6.55. The summed E-state index contributed by atoms with van der Waals surface area (Å²) in [6.45, 7) is 3.80. The number of aromatic nitrogens is 3. The molecule has 2 aromatic heterocycles. The number of aryl methyl sites for hydroxylation is 1. The zero-order valence-corrected chi connectivity index (χ0v) is 16.3. The Balaban J connectivity index is 1.67. The monoisotopic (exact) mass is 380 g/mol. The first-order chi connectivity index (χ1) is 13.5. The van der Waals surface area contributed by atoms with Crippen LogP contribution in [0.3, 0.4) is 0 Å². The van der Waals surface area contributed by atoms with E-state index in [9.17, 15) is 9.50 Å². The summed E-state index contributed by atoms with van der Waals surface area (Å²) >= 11 is 0. The van der Waals surface area contributed by atoms with Gasteiger partial charge in [0.05, 0.1) is 0 Å². The summed E-state index contributed by atoms with van der Waals surface area (Å²) < 4.78 is 16.6. The van der Waals surface area contributed by atoms with E-state index in [1.54, 1.807) is 19.1 Å². The number of fused-ring (bicyclic) bond motifs is 1. The van der Waals surface area contributed by atoms with Gasteiger partial charge in [0.25, 0.3) is 0 Å². The minimum Gasteiger partial charge on any atom is -0.504 e. The number of halogens is 1. The molecule has 0 radical (unpaired) electrons. The van der Waals surface area contributed by atoms with Crippen LogP contribution in [-0.2, 0) is 0 Å². The Bertz CT molecular complexity index is 1060. The lowest BCUT2D eigenvalue weighted by atomic mass is 9.98. The topological polar surface area (TPSA) is 54.2 Å². The number of phenols is 1. The summed E-state index contributed by atoms with van der Waals surface area (Å²) in [5.41, 5.74) is 3.48. The highest BCUT2D eigenvalue weighted by Gasteiger charge is 2.32. The van der Waals surface area contributed by atoms with Crippen molar-refractivity contribution in [3.63, 3.8) is 0 Å². The second-order valence-electron chi connectivity index (χ2n) is 8.35. The highest BCUT2D eigenvalue weighted by molar-refractivity contribution is 5.88. The fourth-order valence-electron chi connectivity index (χ4n) is 4.54. The van der Waals surface area contributed by atoms with Gasteiger partial charge >= 0.3 is 0 Å². The molecule has 1 N–H and O–H groups in total. The Morgan fingerprint density at radius 1 is 1.14 bits per heavy atom. The molecule has 0 spiro atoms. The number of hydrogen-bond donors (Lipinski definition) is 1. The molecule has 3 aromatic rings. The van der Waals surface area contributed by atoms with Crippen molar-refractivity contribution in [1.29, 1.82) is 0 Å². The van der Waals surface area contributed by atoms with Gasteiger partial charge in [0.2, 0.25) is 0 Å². The van der Waals surface area contributed by atoms with Crippen LogP contribution in [0.4, 0.5) is 4.39 Å². The van der Waals surface area contributed by atoms with E-state index >= 15 is 0 Å². The Kier molecular flexibility index (Phi) is 4.12. The van der Waals surface area contributed by atoms with E-state index in [-0.39, 0.29) is 5.75 Å². The molecule has 1 aliphatic heterocycles.